The summed E-state index contributed by atoms with van der Waals surface area (Å²) in [6.45, 7) is 2.81. The summed E-state index contributed by atoms with van der Waals surface area (Å²) in [5.41, 5.74) is 4.60. The molecule has 0 aliphatic carbocycles. The minimum atomic E-state index is 0.132. The summed E-state index contributed by atoms with van der Waals surface area (Å²) in [5, 5.41) is 4.36. The molecule has 3 rings (SSSR count). The van der Waals surface area contributed by atoms with Crippen LogP contribution in [0.2, 0.25) is 5.02 Å². The molecule has 0 saturated heterocycles. The van der Waals surface area contributed by atoms with Crippen LogP contribution in [0.1, 0.15) is 28.4 Å². The second kappa shape index (κ2) is 8.04. The van der Waals surface area contributed by atoms with Gasteiger partial charge in [-0.25, -0.2) is 0 Å². The van der Waals surface area contributed by atoms with Crippen LogP contribution in [-0.4, -0.2) is 9.97 Å². The Morgan fingerprint density at radius 1 is 1.04 bits per heavy atom. The van der Waals surface area contributed by atoms with Crippen LogP contribution >= 0.6 is 11.6 Å². The average molecular weight is 338 g/mol. The maximum absolute atomic E-state index is 5.99. The summed E-state index contributed by atoms with van der Waals surface area (Å²) >= 11 is 5.99. The Hall–Kier alpha value is -2.23. The average Bonchev–Trinajstić information content (AvgIpc) is 2.61. The Balaban J connectivity index is 1.76. The van der Waals surface area contributed by atoms with E-state index in [9.17, 15) is 0 Å². The number of rotatable bonds is 6. The van der Waals surface area contributed by atoms with Crippen molar-refractivity contribution in [2.45, 2.75) is 25.9 Å². The van der Waals surface area contributed by atoms with Crippen molar-refractivity contribution in [3.8, 4) is 0 Å². The summed E-state index contributed by atoms with van der Waals surface area (Å²) < 4.78 is 0. The molecule has 0 aliphatic heterocycles. The molecule has 0 amide bonds. The van der Waals surface area contributed by atoms with E-state index in [-0.39, 0.29) is 6.04 Å². The number of pyridine rings is 2. The lowest BCUT2D eigenvalue weighted by atomic mass is 10.0. The largest absolute Gasteiger partial charge is 0.304 e. The third kappa shape index (κ3) is 4.63. The van der Waals surface area contributed by atoms with Crippen LogP contribution in [0, 0.1) is 6.92 Å². The van der Waals surface area contributed by atoms with Crippen LogP contribution in [0.15, 0.2) is 67.1 Å². The zero-order valence-corrected chi connectivity index (χ0v) is 14.4. The van der Waals surface area contributed by atoms with Crippen molar-refractivity contribution < 1.29 is 0 Å². The molecule has 122 valence electrons. The molecule has 2 heterocycles. The zero-order chi connectivity index (χ0) is 16.8. The van der Waals surface area contributed by atoms with Crippen molar-refractivity contribution in [2.75, 3.05) is 0 Å². The Kier molecular flexibility index (Phi) is 5.57. The number of aromatic nitrogens is 2. The molecular formula is C20H20ClN3. The molecule has 0 spiro atoms. The van der Waals surface area contributed by atoms with Gasteiger partial charge >= 0.3 is 0 Å². The van der Waals surface area contributed by atoms with E-state index in [0.29, 0.717) is 0 Å². The molecule has 0 radical (unpaired) electrons. The SMILES string of the molecule is Cc1cncc(CN[C@H](Cc2ccc(Cl)cc2)c2ccccn2)c1. The molecule has 0 fully saturated rings. The highest BCUT2D eigenvalue weighted by atomic mass is 35.5. The van der Waals surface area contributed by atoms with E-state index >= 15 is 0 Å². The number of benzene rings is 1. The summed E-state index contributed by atoms with van der Waals surface area (Å²) in [6, 6.07) is 16.3. The molecule has 0 saturated carbocycles. The number of halogens is 1. The topological polar surface area (TPSA) is 37.8 Å². The van der Waals surface area contributed by atoms with Gasteiger partial charge in [0, 0.05) is 30.2 Å². The van der Waals surface area contributed by atoms with E-state index in [1.165, 1.54) is 16.7 Å². The zero-order valence-electron chi connectivity index (χ0n) is 13.6. The molecule has 3 aromatic rings. The standard InChI is InChI=1S/C20H20ClN3/c1-15-10-17(13-22-12-15)14-24-20(19-4-2-3-9-23-19)11-16-5-7-18(21)8-6-16/h2-10,12-13,20,24H,11,14H2,1H3/t20-/m1/s1. The minimum absolute atomic E-state index is 0.132. The summed E-state index contributed by atoms with van der Waals surface area (Å²) in [5.74, 6) is 0. The van der Waals surface area contributed by atoms with E-state index in [1.807, 2.05) is 42.9 Å². The third-order valence-electron chi connectivity index (χ3n) is 3.88. The maximum atomic E-state index is 5.99. The van der Waals surface area contributed by atoms with E-state index in [2.05, 4.69) is 46.5 Å². The highest BCUT2D eigenvalue weighted by molar-refractivity contribution is 6.30. The Labute approximate surface area is 147 Å². The van der Waals surface area contributed by atoms with Gasteiger partial charge in [0.05, 0.1) is 11.7 Å². The lowest BCUT2D eigenvalue weighted by Gasteiger charge is -2.19. The van der Waals surface area contributed by atoms with Crippen LogP contribution in [0.4, 0.5) is 0 Å². The molecular weight excluding hydrogens is 318 g/mol. The van der Waals surface area contributed by atoms with Gasteiger partial charge in [0.1, 0.15) is 0 Å². The monoisotopic (exact) mass is 337 g/mol. The molecule has 1 aromatic carbocycles. The van der Waals surface area contributed by atoms with Crippen LogP contribution in [-0.2, 0) is 13.0 Å². The number of hydrogen-bond acceptors (Lipinski definition) is 3. The Morgan fingerprint density at radius 3 is 2.58 bits per heavy atom. The molecule has 1 N–H and O–H groups in total. The van der Waals surface area contributed by atoms with E-state index in [4.69, 9.17) is 11.6 Å². The third-order valence-corrected chi connectivity index (χ3v) is 4.13. The van der Waals surface area contributed by atoms with Gasteiger partial charge in [-0.15, -0.1) is 0 Å². The van der Waals surface area contributed by atoms with E-state index in [1.54, 1.807) is 0 Å². The first-order chi connectivity index (χ1) is 11.7. The molecule has 0 bridgehead atoms. The minimum Gasteiger partial charge on any atom is -0.304 e. The van der Waals surface area contributed by atoms with Gasteiger partial charge in [-0.1, -0.05) is 35.9 Å². The first-order valence-corrected chi connectivity index (χ1v) is 8.38. The smallest absolute Gasteiger partial charge is 0.0576 e. The normalized spacial score (nSPS) is 12.1. The Morgan fingerprint density at radius 2 is 1.88 bits per heavy atom. The predicted octanol–water partition coefficient (Wildman–Crippen LogP) is 4.51. The molecule has 2 aromatic heterocycles. The summed E-state index contributed by atoms with van der Waals surface area (Å²) in [6.07, 6.45) is 6.46. The van der Waals surface area contributed by atoms with Crippen molar-refractivity contribution in [3.63, 3.8) is 0 Å². The van der Waals surface area contributed by atoms with Gasteiger partial charge < -0.3 is 5.32 Å². The lowest BCUT2D eigenvalue weighted by molar-refractivity contribution is 0.518. The fraction of sp³-hybridized carbons (Fsp3) is 0.200. The molecule has 4 heteroatoms. The summed E-state index contributed by atoms with van der Waals surface area (Å²) in [7, 11) is 0. The molecule has 1 atom stereocenters. The molecule has 0 unspecified atom stereocenters. The predicted molar refractivity (Wildman–Crippen MR) is 97.9 cm³/mol. The highest BCUT2D eigenvalue weighted by Gasteiger charge is 2.13. The molecule has 0 aliphatic rings. The van der Waals surface area contributed by atoms with Gasteiger partial charge in [-0.3, -0.25) is 9.97 Å². The lowest BCUT2D eigenvalue weighted by Crippen LogP contribution is -2.24. The van der Waals surface area contributed by atoms with Gasteiger partial charge in [-0.05, 0) is 54.3 Å². The molecule has 24 heavy (non-hydrogen) atoms. The highest BCUT2D eigenvalue weighted by Crippen LogP contribution is 2.19. The van der Waals surface area contributed by atoms with E-state index < -0.39 is 0 Å². The van der Waals surface area contributed by atoms with Crippen LogP contribution < -0.4 is 5.32 Å². The van der Waals surface area contributed by atoms with Gasteiger partial charge in [0.25, 0.3) is 0 Å². The summed E-state index contributed by atoms with van der Waals surface area (Å²) in [4.78, 5) is 8.78. The van der Waals surface area contributed by atoms with Crippen LogP contribution in [0.3, 0.4) is 0 Å². The van der Waals surface area contributed by atoms with Crippen molar-refractivity contribution in [3.05, 3.63) is 94.5 Å². The van der Waals surface area contributed by atoms with Crippen molar-refractivity contribution in [2.24, 2.45) is 0 Å². The quantitative estimate of drug-likeness (QED) is 0.719. The van der Waals surface area contributed by atoms with Gasteiger partial charge in [0.2, 0.25) is 0 Å². The number of hydrogen-bond donors (Lipinski definition) is 1. The maximum Gasteiger partial charge on any atom is 0.0576 e. The second-order valence-corrected chi connectivity index (χ2v) is 6.33. The van der Waals surface area contributed by atoms with Crippen LogP contribution in [0.25, 0.3) is 0 Å². The number of nitrogens with zero attached hydrogens (tertiary/aromatic N) is 2. The fourth-order valence-electron chi connectivity index (χ4n) is 2.67. The number of aryl methyl sites for hydroxylation is 1. The fourth-order valence-corrected chi connectivity index (χ4v) is 2.80. The van der Waals surface area contributed by atoms with Gasteiger partial charge in [0.15, 0.2) is 0 Å². The van der Waals surface area contributed by atoms with Crippen molar-refractivity contribution in [1.29, 1.82) is 0 Å². The van der Waals surface area contributed by atoms with Crippen molar-refractivity contribution >= 4 is 11.6 Å². The Bertz CT molecular complexity index is 772. The molecule has 3 nitrogen and oxygen atoms in total. The second-order valence-electron chi connectivity index (χ2n) is 5.89. The number of nitrogens with one attached hydrogen (secondary N) is 1. The first kappa shape index (κ1) is 16.6. The first-order valence-electron chi connectivity index (χ1n) is 8.00. The van der Waals surface area contributed by atoms with Gasteiger partial charge in [-0.2, -0.15) is 0 Å². The van der Waals surface area contributed by atoms with Crippen molar-refractivity contribution in [1.82, 2.24) is 15.3 Å². The van der Waals surface area contributed by atoms with Crippen LogP contribution in [0.5, 0.6) is 0 Å². The van der Waals surface area contributed by atoms with E-state index in [0.717, 1.165) is 23.7 Å².